The van der Waals surface area contributed by atoms with Gasteiger partial charge in [0.25, 0.3) is 11.8 Å². The molecule has 34 heavy (non-hydrogen) atoms. The molecule has 2 amide bonds. The van der Waals surface area contributed by atoms with Crippen molar-refractivity contribution in [3.63, 3.8) is 0 Å². The number of nitrogens with one attached hydrogen (secondary N) is 1. The Hall–Kier alpha value is -4.40. The van der Waals surface area contributed by atoms with Crippen LogP contribution in [0.3, 0.4) is 0 Å². The fourth-order valence-electron chi connectivity index (χ4n) is 2.89. The van der Waals surface area contributed by atoms with Crippen LogP contribution in [0.25, 0.3) is 0 Å². The van der Waals surface area contributed by atoms with E-state index in [4.69, 9.17) is 14.2 Å². The molecule has 0 aliphatic rings. The number of esters is 1. The van der Waals surface area contributed by atoms with Gasteiger partial charge in [0.05, 0.1) is 12.7 Å². The number of methoxy groups -OCH3 is 1. The van der Waals surface area contributed by atoms with E-state index < -0.39 is 30.2 Å². The zero-order valence-corrected chi connectivity index (χ0v) is 18.6. The van der Waals surface area contributed by atoms with Crippen LogP contribution in [0.2, 0.25) is 0 Å². The molecule has 0 saturated heterocycles. The van der Waals surface area contributed by atoms with Gasteiger partial charge in [0, 0.05) is 18.4 Å². The molecule has 0 fully saturated rings. The van der Waals surface area contributed by atoms with E-state index in [2.05, 4.69) is 5.32 Å². The van der Waals surface area contributed by atoms with Crippen LogP contribution in [0.4, 0.5) is 15.8 Å². The van der Waals surface area contributed by atoms with Crippen molar-refractivity contribution in [3.8, 4) is 11.5 Å². The maximum Gasteiger partial charge on any atom is 0.338 e. The predicted molar refractivity (Wildman–Crippen MR) is 124 cm³/mol. The van der Waals surface area contributed by atoms with Crippen molar-refractivity contribution in [1.82, 2.24) is 0 Å². The van der Waals surface area contributed by atoms with Crippen LogP contribution in [0.15, 0.2) is 72.8 Å². The first-order valence-corrected chi connectivity index (χ1v) is 10.2. The Morgan fingerprint density at radius 3 is 2.29 bits per heavy atom. The van der Waals surface area contributed by atoms with E-state index in [0.717, 1.165) is 0 Å². The van der Waals surface area contributed by atoms with Gasteiger partial charge in [0.2, 0.25) is 0 Å². The van der Waals surface area contributed by atoms with Crippen molar-refractivity contribution in [2.75, 3.05) is 37.6 Å². The zero-order valence-electron chi connectivity index (χ0n) is 18.6. The molecular weight excluding hydrogens is 443 g/mol. The van der Waals surface area contributed by atoms with Crippen LogP contribution in [-0.4, -0.2) is 45.2 Å². The molecule has 8 nitrogen and oxygen atoms in total. The molecule has 0 bridgehead atoms. The fraction of sp³-hybridized carbons (Fsp3) is 0.160. The molecule has 0 aliphatic carbocycles. The molecule has 0 heterocycles. The standard InChI is InChI=1S/C25H23FN2O6/c1-28(20-6-4-3-5-7-20)24(30)16-34-25(31)17-8-13-21(22(14-17)32-2)33-15-23(29)27-19-11-9-18(26)10-12-19/h3-14H,15-16H2,1-2H3,(H,27,29). The van der Waals surface area contributed by atoms with E-state index in [1.807, 2.05) is 6.07 Å². The van der Waals surface area contributed by atoms with Crippen molar-refractivity contribution in [3.05, 3.63) is 84.2 Å². The van der Waals surface area contributed by atoms with E-state index in [-0.39, 0.29) is 23.7 Å². The number of hydrogen-bond acceptors (Lipinski definition) is 6. The minimum Gasteiger partial charge on any atom is -0.493 e. The van der Waals surface area contributed by atoms with Gasteiger partial charge in [0.1, 0.15) is 5.82 Å². The SMILES string of the molecule is COc1cc(C(=O)OCC(=O)N(C)c2ccccc2)ccc1OCC(=O)Nc1ccc(F)cc1. The van der Waals surface area contributed by atoms with Gasteiger partial charge < -0.3 is 24.4 Å². The second kappa shape index (κ2) is 11.5. The Morgan fingerprint density at radius 2 is 1.62 bits per heavy atom. The normalized spacial score (nSPS) is 10.2. The maximum atomic E-state index is 13.0. The topological polar surface area (TPSA) is 94.2 Å². The maximum absolute atomic E-state index is 13.0. The van der Waals surface area contributed by atoms with Gasteiger partial charge in [-0.05, 0) is 54.6 Å². The van der Waals surface area contributed by atoms with Gasteiger partial charge in [-0.1, -0.05) is 18.2 Å². The number of benzene rings is 3. The second-order valence-corrected chi connectivity index (χ2v) is 7.07. The highest BCUT2D eigenvalue weighted by atomic mass is 19.1. The molecule has 0 spiro atoms. The van der Waals surface area contributed by atoms with Crippen LogP contribution >= 0.6 is 0 Å². The molecule has 0 atom stereocenters. The lowest BCUT2D eigenvalue weighted by atomic mass is 10.2. The Bertz CT molecular complexity index is 1150. The van der Waals surface area contributed by atoms with Crippen LogP contribution < -0.4 is 19.7 Å². The van der Waals surface area contributed by atoms with Gasteiger partial charge >= 0.3 is 5.97 Å². The van der Waals surface area contributed by atoms with Crippen LogP contribution in [0.1, 0.15) is 10.4 Å². The number of halogens is 1. The van der Waals surface area contributed by atoms with Gasteiger partial charge in [-0.15, -0.1) is 0 Å². The third-order valence-corrected chi connectivity index (χ3v) is 4.73. The van der Waals surface area contributed by atoms with Gasteiger partial charge in [-0.25, -0.2) is 9.18 Å². The molecule has 3 aromatic rings. The summed E-state index contributed by atoms with van der Waals surface area (Å²) in [6, 6.07) is 18.6. The number of ether oxygens (including phenoxy) is 3. The second-order valence-electron chi connectivity index (χ2n) is 7.07. The Morgan fingerprint density at radius 1 is 0.912 bits per heavy atom. The van der Waals surface area contributed by atoms with E-state index in [9.17, 15) is 18.8 Å². The molecule has 3 aromatic carbocycles. The molecule has 9 heteroatoms. The number of nitrogens with zero attached hydrogens (tertiary/aromatic N) is 1. The lowest BCUT2D eigenvalue weighted by molar-refractivity contribution is -0.121. The molecule has 0 aliphatic heterocycles. The fourth-order valence-corrected chi connectivity index (χ4v) is 2.89. The summed E-state index contributed by atoms with van der Waals surface area (Å²) in [5.74, 6) is -1.54. The number of likely N-dealkylation sites (N-methyl/N-ethyl adjacent to an activating group) is 1. The van der Waals surface area contributed by atoms with E-state index in [0.29, 0.717) is 11.4 Å². The summed E-state index contributed by atoms with van der Waals surface area (Å²) < 4.78 is 28.8. The summed E-state index contributed by atoms with van der Waals surface area (Å²) in [6.07, 6.45) is 0. The molecular formula is C25H23FN2O6. The number of rotatable bonds is 9. The minimum absolute atomic E-state index is 0.148. The van der Waals surface area contributed by atoms with Gasteiger partial charge in [-0.3, -0.25) is 9.59 Å². The largest absolute Gasteiger partial charge is 0.493 e. The lowest BCUT2D eigenvalue weighted by Crippen LogP contribution is -2.31. The number of hydrogen-bond donors (Lipinski definition) is 1. The van der Waals surface area contributed by atoms with E-state index in [1.165, 1.54) is 54.5 Å². The molecule has 0 radical (unpaired) electrons. The summed E-state index contributed by atoms with van der Waals surface area (Å²) in [5.41, 5.74) is 1.25. The first kappa shape index (κ1) is 24.2. The Balaban J connectivity index is 1.55. The quantitative estimate of drug-likeness (QED) is 0.484. The smallest absolute Gasteiger partial charge is 0.338 e. The molecule has 0 unspecified atom stereocenters. The number of amides is 2. The summed E-state index contributed by atoms with van der Waals surface area (Å²) in [6.45, 7) is -0.772. The third-order valence-electron chi connectivity index (χ3n) is 4.73. The number of carbonyl (C=O) groups is 3. The monoisotopic (exact) mass is 466 g/mol. The minimum atomic E-state index is -0.714. The van der Waals surface area contributed by atoms with Crippen molar-refractivity contribution in [2.45, 2.75) is 0 Å². The molecule has 0 saturated carbocycles. The third kappa shape index (κ3) is 6.55. The number of carbonyl (C=O) groups excluding carboxylic acids is 3. The average molecular weight is 466 g/mol. The lowest BCUT2D eigenvalue weighted by Gasteiger charge is -2.17. The van der Waals surface area contributed by atoms with Crippen molar-refractivity contribution < 1.29 is 33.0 Å². The van der Waals surface area contributed by atoms with Crippen LogP contribution in [0.5, 0.6) is 11.5 Å². The highest BCUT2D eigenvalue weighted by molar-refractivity contribution is 5.97. The highest BCUT2D eigenvalue weighted by Crippen LogP contribution is 2.28. The Labute approximate surface area is 195 Å². The molecule has 0 aromatic heterocycles. The van der Waals surface area contributed by atoms with Crippen molar-refractivity contribution >= 4 is 29.2 Å². The molecule has 1 N–H and O–H groups in total. The van der Waals surface area contributed by atoms with Crippen LogP contribution in [0, 0.1) is 5.82 Å². The predicted octanol–water partition coefficient (Wildman–Crippen LogP) is 3.67. The van der Waals surface area contributed by atoms with Crippen molar-refractivity contribution in [2.24, 2.45) is 0 Å². The van der Waals surface area contributed by atoms with E-state index in [1.54, 1.807) is 31.3 Å². The average Bonchev–Trinajstić information content (AvgIpc) is 2.87. The summed E-state index contributed by atoms with van der Waals surface area (Å²) >= 11 is 0. The van der Waals surface area contributed by atoms with Gasteiger partial charge in [0.15, 0.2) is 24.7 Å². The van der Waals surface area contributed by atoms with Crippen LogP contribution in [-0.2, 0) is 14.3 Å². The summed E-state index contributed by atoms with van der Waals surface area (Å²) in [4.78, 5) is 38.2. The van der Waals surface area contributed by atoms with Gasteiger partial charge in [-0.2, -0.15) is 0 Å². The zero-order chi connectivity index (χ0) is 24.5. The van der Waals surface area contributed by atoms with E-state index >= 15 is 0 Å². The molecule has 3 rings (SSSR count). The number of anilines is 2. The number of para-hydroxylation sites is 1. The highest BCUT2D eigenvalue weighted by Gasteiger charge is 2.17. The first-order valence-electron chi connectivity index (χ1n) is 10.2. The molecule has 176 valence electrons. The van der Waals surface area contributed by atoms with Crippen molar-refractivity contribution in [1.29, 1.82) is 0 Å². The Kier molecular flexibility index (Phi) is 8.17. The first-order chi connectivity index (χ1) is 16.4. The summed E-state index contributed by atoms with van der Waals surface area (Å²) in [7, 11) is 2.97. The summed E-state index contributed by atoms with van der Waals surface area (Å²) in [5, 5.41) is 2.57.